The van der Waals surface area contributed by atoms with Crippen LogP contribution in [0.15, 0.2) is 103 Å². The SMILES string of the molecule is CCn1c(-c2ccccc2)c(C(c2ccc(N)cc2)c2ccc(OC)cc2)c2ccccc21. The third kappa shape index (κ3) is 3.76. The van der Waals surface area contributed by atoms with Gasteiger partial charge in [0.2, 0.25) is 0 Å². The Morgan fingerprint density at radius 3 is 2.00 bits per heavy atom. The summed E-state index contributed by atoms with van der Waals surface area (Å²) in [4.78, 5) is 0. The Morgan fingerprint density at radius 1 is 0.758 bits per heavy atom. The van der Waals surface area contributed by atoms with Crippen LogP contribution in [0.5, 0.6) is 5.75 Å². The predicted octanol–water partition coefficient (Wildman–Crippen LogP) is 7.10. The zero-order chi connectivity index (χ0) is 22.8. The van der Waals surface area contributed by atoms with Gasteiger partial charge in [0, 0.05) is 29.1 Å². The summed E-state index contributed by atoms with van der Waals surface area (Å²) < 4.78 is 7.88. The summed E-state index contributed by atoms with van der Waals surface area (Å²) >= 11 is 0. The molecule has 0 saturated carbocycles. The molecular weight excluding hydrogens is 404 g/mol. The third-order valence-corrected chi connectivity index (χ3v) is 6.38. The molecule has 3 nitrogen and oxygen atoms in total. The van der Waals surface area contributed by atoms with E-state index in [4.69, 9.17) is 10.5 Å². The van der Waals surface area contributed by atoms with Crippen LogP contribution in [-0.2, 0) is 6.54 Å². The number of fused-ring (bicyclic) bond motifs is 1. The number of rotatable bonds is 6. The lowest BCUT2D eigenvalue weighted by molar-refractivity contribution is 0.414. The van der Waals surface area contributed by atoms with E-state index in [0.717, 1.165) is 18.0 Å². The van der Waals surface area contributed by atoms with Crippen molar-refractivity contribution in [3.63, 3.8) is 0 Å². The number of aryl methyl sites for hydroxylation is 1. The molecule has 3 heteroatoms. The summed E-state index contributed by atoms with van der Waals surface area (Å²) in [5, 5.41) is 1.27. The molecule has 1 unspecified atom stereocenters. The number of aromatic nitrogens is 1. The highest BCUT2D eigenvalue weighted by atomic mass is 16.5. The van der Waals surface area contributed by atoms with Gasteiger partial charge in [0.1, 0.15) is 5.75 Å². The number of anilines is 1. The highest BCUT2D eigenvalue weighted by Gasteiger charge is 2.27. The standard InChI is InChI=1S/C30H28N2O/c1-3-32-27-12-8-7-11-26(27)29(30(32)23-9-5-4-6-10-23)28(21-13-17-24(31)18-14-21)22-15-19-25(33-2)20-16-22/h4-20,28H,3,31H2,1-2H3. The van der Waals surface area contributed by atoms with Crippen LogP contribution in [0.1, 0.15) is 29.5 Å². The Bertz CT molecular complexity index is 1370. The van der Waals surface area contributed by atoms with Crippen LogP contribution < -0.4 is 10.5 Å². The summed E-state index contributed by atoms with van der Waals surface area (Å²) in [6.07, 6.45) is 0. The molecule has 0 fully saturated rings. The lowest BCUT2D eigenvalue weighted by atomic mass is 9.82. The minimum Gasteiger partial charge on any atom is -0.497 e. The number of benzene rings is 4. The minimum atomic E-state index is 0.0458. The number of nitrogen functional groups attached to an aromatic ring is 1. The lowest BCUT2D eigenvalue weighted by Crippen LogP contribution is -2.06. The van der Waals surface area contributed by atoms with Crippen LogP contribution in [-0.4, -0.2) is 11.7 Å². The molecule has 1 heterocycles. The monoisotopic (exact) mass is 432 g/mol. The van der Waals surface area contributed by atoms with Crippen LogP contribution in [0.2, 0.25) is 0 Å². The summed E-state index contributed by atoms with van der Waals surface area (Å²) in [7, 11) is 1.70. The van der Waals surface area contributed by atoms with Gasteiger partial charge in [-0.2, -0.15) is 0 Å². The summed E-state index contributed by atoms with van der Waals surface area (Å²) in [5.74, 6) is 0.901. The van der Waals surface area contributed by atoms with Gasteiger partial charge in [-0.25, -0.2) is 0 Å². The van der Waals surface area contributed by atoms with E-state index in [2.05, 4.69) is 90.4 Å². The first-order valence-corrected chi connectivity index (χ1v) is 11.4. The zero-order valence-corrected chi connectivity index (χ0v) is 19.0. The highest BCUT2D eigenvalue weighted by molar-refractivity contribution is 5.93. The molecule has 0 bridgehead atoms. The van der Waals surface area contributed by atoms with Gasteiger partial charge in [0.25, 0.3) is 0 Å². The van der Waals surface area contributed by atoms with Crippen molar-refractivity contribution < 1.29 is 4.74 Å². The van der Waals surface area contributed by atoms with E-state index < -0.39 is 0 Å². The Morgan fingerprint density at radius 2 is 1.36 bits per heavy atom. The van der Waals surface area contributed by atoms with Crippen molar-refractivity contribution >= 4 is 16.6 Å². The fraction of sp³-hybridized carbons (Fsp3) is 0.133. The molecule has 2 N–H and O–H groups in total. The quantitative estimate of drug-likeness (QED) is 0.291. The Balaban J connectivity index is 1.86. The minimum absolute atomic E-state index is 0.0458. The molecule has 5 rings (SSSR count). The van der Waals surface area contributed by atoms with E-state index in [-0.39, 0.29) is 5.92 Å². The number of nitrogens with zero attached hydrogens (tertiary/aromatic N) is 1. The van der Waals surface area contributed by atoms with E-state index in [1.54, 1.807) is 7.11 Å². The summed E-state index contributed by atoms with van der Waals surface area (Å²) in [5.41, 5.74) is 14.3. The van der Waals surface area contributed by atoms with Gasteiger partial charge in [-0.1, -0.05) is 72.8 Å². The van der Waals surface area contributed by atoms with Gasteiger partial charge in [0.05, 0.1) is 12.8 Å². The second-order valence-electron chi connectivity index (χ2n) is 8.26. The van der Waals surface area contributed by atoms with E-state index >= 15 is 0 Å². The molecule has 0 aliphatic heterocycles. The van der Waals surface area contributed by atoms with E-state index in [0.29, 0.717) is 0 Å². The van der Waals surface area contributed by atoms with Gasteiger partial charge in [-0.05, 0) is 59.5 Å². The number of nitrogens with two attached hydrogens (primary N) is 1. The number of hydrogen-bond donors (Lipinski definition) is 1. The van der Waals surface area contributed by atoms with Crippen molar-refractivity contribution in [2.24, 2.45) is 0 Å². The highest BCUT2D eigenvalue weighted by Crippen LogP contribution is 2.44. The van der Waals surface area contributed by atoms with Crippen molar-refractivity contribution in [1.82, 2.24) is 4.57 Å². The van der Waals surface area contributed by atoms with Crippen molar-refractivity contribution in [1.29, 1.82) is 0 Å². The third-order valence-electron chi connectivity index (χ3n) is 6.38. The second-order valence-corrected chi connectivity index (χ2v) is 8.26. The Kier molecular flexibility index (Phi) is 5.62. The van der Waals surface area contributed by atoms with Crippen molar-refractivity contribution in [3.8, 4) is 17.0 Å². The van der Waals surface area contributed by atoms with Crippen LogP contribution in [0.25, 0.3) is 22.2 Å². The fourth-order valence-corrected chi connectivity index (χ4v) is 4.87. The molecule has 0 radical (unpaired) electrons. The topological polar surface area (TPSA) is 40.2 Å². The van der Waals surface area contributed by atoms with E-state index in [9.17, 15) is 0 Å². The second kappa shape index (κ2) is 8.87. The van der Waals surface area contributed by atoms with Crippen LogP contribution in [0.3, 0.4) is 0 Å². The maximum Gasteiger partial charge on any atom is 0.118 e. The first-order valence-electron chi connectivity index (χ1n) is 11.4. The first kappa shape index (κ1) is 20.9. The van der Waals surface area contributed by atoms with E-state index in [1.807, 2.05) is 24.3 Å². The normalized spacial score (nSPS) is 12.1. The maximum atomic E-state index is 6.06. The molecule has 4 aromatic carbocycles. The molecule has 164 valence electrons. The fourth-order valence-electron chi connectivity index (χ4n) is 4.87. The first-order chi connectivity index (χ1) is 16.2. The molecule has 0 aliphatic rings. The number of ether oxygens (including phenoxy) is 1. The van der Waals surface area contributed by atoms with Gasteiger partial charge < -0.3 is 15.0 Å². The Hall–Kier alpha value is -3.98. The van der Waals surface area contributed by atoms with Crippen molar-refractivity contribution in [3.05, 3.63) is 120 Å². The smallest absolute Gasteiger partial charge is 0.118 e. The predicted molar refractivity (Wildman–Crippen MR) is 138 cm³/mol. The molecule has 33 heavy (non-hydrogen) atoms. The van der Waals surface area contributed by atoms with E-state index in [1.165, 1.54) is 38.9 Å². The zero-order valence-electron chi connectivity index (χ0n) is 19.0. The number of hydrogen-bond acceptors (Lipinski definition) is 2. The molecule has 0 aliphatic carbocycles. The molecule has 5 aromatic rings. The number of methoxy groups -OCH3 is 1. The molecule has 1 aromatic heterocycles. The molecule has 0 spiro atoms. The van der Waals surface area contributed by atoms with Crippen LogP contribution in [0, 0.1) is 0 Å². The number of para-hydroxylation sites is 1. The van der Waals surface area contributed by atoms with Crippen molar-refractivity contribution in [2.45, 2.75) is 19.4 Å². The molecule has 0 saturated heterocycles. The largest absolute Gasteiger partial charge is 0.497 e. The molecule has 0 amide bonds. The van der Waals surface area contributed by atoms with Gasteiger partial charge >= 0.3 is 0 Å². The van der Waals surface area contributed by atoms with Gasteiger partial charge in [0.15, 0.2) is 0 Å². The van der Waals surface area contributed by atoms with Gasteiger partial charge in [-0.3, -0.25) is 0 Å². The molecular formula is C30H28N2O. The van der Waals surface area contributed by atoms with Crippen molar-refractivity contribution in [2.75, 3.05) is 12.8 Å². The molecule has 1 atom stereocenters. The maximum absolute atomic E-state index is 6.06. The van der Waals surface area contributed by atoms with Crippen LogP contribution in [0.4, 0.5) is 5.69 Å². The summed E-state index contributed by atoms with van der Waals surface area (Å²) in [6, 6.07) is 36.2. The van der Waals surface area contributed by atoms with Crippen LogP contribution >= 0.6 is 0 Å². The Labute approximate surface area is 195 Å². The lowest BCUT2D eigenvalue weighted by Gasteiger charge is -2.22. The summed E-state index contributed by atoms with van der Waals surface area (Å²) in [6.45, 7) is 3.11. The average Bonchev–Trinajstić information content (AvgIpc) is 3.20. The average molecular weight is 433 g/mol. The van der Waals surface area contributed by atoms with Gasteiger partial charge in [-0.15, -0.1) is 0 Å².